The van der Waals surface area contributed by atoms with Crippen molar-refractivity contribution in [2.24, 2.45) is 0 Å². The summed E-state index contributed by atoms with van der Waals surface area (Å²) in [4.78, 5) is 14.9. The average Bonchev–Trinajstić information content (AvgIpc) is 3.52. The molecule has 3 heterocycles. The molecule has 7 nitrogen and oxygen atoms in total. The zero-order valence-corrected chi connectivity index (χ0v) is 18.5. The number of carbonyl (C=O) groups excluding carboxylic acids is 1. The maximum absolute atomic E-state index is 12.7. The van der Waals surface area contributed by atoms with Crippen LogP contribution in [0.2, 0.25) is 0 Å². The first-order valence-electron chi connectivity index (χ1n) is 10.9. The summed E-state index contributed by atoms with van der Waals surface area (Å²) in [6.45, 7) is 1.95. The molecule has 2 aromatic carbocycles. The van der Waals surface area contributed by atoms with Crippen LogP contribution in [0.4, 0.5) is 0 Å². The van der Waals surface area contributed by atoms with Crippen LogP contribution in [0.1, 0.15) is 29.2 Å². The zero-order chi connectivity index (χ0) is 22.1. The largest absolute Gasteiger partial charge is 0.486 e. The summed E-state index contributed by atoms with van der Waals surface area (Å²) in [6.07, 6.45) is 2.13. The second-order valence-corrected chi connectivity index (χ2v) is 10.7. The van der Waals surface area contributed by atoms with Crippen LogP contribution in [0, 0.1) is 0 Å². The molecule has 3 aromatic rings. The molecule has 168 valence electrons. The van der Waals surface area contributed by atoms with Gasteiger partial charge in [0.15, 0.2) is 15.6 Å². The molecule has 32 heavy (non-hydrogen) atoms. The van der Waals surface area contributed by atoms with Gasteiger partial charge in [-0.15, -0.1) is 0 Å². The standard InChI is InChI=1S/C24H26N2O5S/c27-24(25-21-15-32(28,29)16-22(21)26-11-3-4-12-26)23-10-9-20(31-23)14-30-19-8-7-17-5-1-2-6-18(17)13-19/h1-2,5-10,13,21-22H,3-4,11-12,14-16H2,(H,25,27). The summed E-state index contributed by atoms with van der Waals surface area (Å²) in [5.41, 5.74) is 0. The summed E-state index contributed by atoms with van der Waals surface area (Å²) in [5.74, 6) is 1.08. The van der Waals surface area contributed by atoms with E-state index in [0.29, 0.717) is 5.76 Å². The lowest BCUT2D eigenvalue weighted by atomic mass is 10.1. The van der Waals surface area contributed by atoms with Crippen LogP contribution < -0.4 is 10.1 Å². The highest BCUT2D eigenvalue weighted by Crippen LogP contribution is 2.24. The Balaban J connectivity index is 1.22. The quantitative estimate of drug-likeness (QED) is 0.616. The second kappa shape index (κ2) is 8.60. The highest BCUT2D eigenvalue weighted by molar-refractivity contribution is 7.91. The minimum absolute atomic E-state index is 0.0292. The van der Waals surface area contributed by atoms with Crippen molar-refractivity contribution in [1.82, 2.24) is 10.2 Å². The molecule has 2 unspecified atom stereocenters. The van der Waals surface area contributed by atoms with Gasteiger partial charge in [-0.05, 0) is 61.0 Å². The van der Waals surface area contributed by atoms with Crippen molar-refractivity contribution in [3.8, 4) is 5.75 Å². The number of furan rings is 1. The predicted octanol–water partition coefficient (Wildman–Crippen LogP) is 3.00. The number of nitrogens with one attached hydrogen (secondary N) is 1. The first-order valence-corrected chi connectivity index (χ1v) is 12.7. The van der Waals surface area contributed by atoms with E-state index in [1.165, 1.54) is 0 Å². The minimum atomic E-state index is -3.17. The molecule has 2 fully saturated rings. The van der Waals surface area contributed by atoms with Crippen LogP contribution in [0.25, 0.3) is 10.8 Å². The summed E-state index contributed by atoms with van der Waals surface area (Å²) in [6, 6.07) is 16.6. The third-order valence-corrected chi connectivity index (χ3v) is 7.95. The molecule has 0 saturated carbocycles. The van der Waals surface area contributed by atoms with Crippen LogP contribution in [-0.4, -0.2) is 55.9 Å². The van der Waals surface area contributed by atoms with Crippen molar-refractivity contribution in [2.75, 3.05) is 24.6 Å². The molecule has 2 atom stereocenters. The molecule has 0 radical (unpaired) electrons. The lowest BCUT2D eigenvalue weighted by Gasteiger charge is -2.28. The van der Waals surface area contributed by atoms with Gasteiger partial charge in [-0.2, -0.15) is 0 Å². The fourth-order valence-corrected chi connectivity index (χ4v) is 6.58. The number of rotatable bonds is 6. The molecule has 5 rings (SSSR count). The van der Waals surface area contributed by atoms with E-state index >= 15 is 0 Å². The smallest absolute Gasteiger partial charge is 0.287 e. The zero-order valence-electron chi connectivity index (χ0n) is 17.7. The van der Waals surface area contributed by atoms with Crippen molar-refractivity contribution in [3.05, 3.63) is 66.1 Å². The molecule has 0 aliphatic carbocycles. The van der Waals surface area contributed by atoms with Crippen LogP contribution in [0.15, 0.2) is 59.0 Å². The van der Waals surface area contributed by atoms with E-state index in [1.54, 1.807) is 12.1 Å². The number of benzene rings is 2. The van der Waals surface area contributed by atoms with Gasteiger partial charge in [-0.25, -0.2) is 8.42 Å². The van der Waals surface area contributed by atoms with E-state index in [4.69, 9.17) is 9.15 Å². The maximum Gasteiger partial charge on any atom is 0.287 e. The van der Waals surface area contributed by atoms with E-state index in [2.05, 4.69) is 10.2 Å². The Morgan fingerprint density at radius 1 is 1.03 bits per heavy atom. The number of fused-ring (bicyclic) bond motifs is 1. The van der Waals surface area contributed by atoms with Crippen LogP contribution in [-0.2, 0) is 16.4 Å². The molecule has 2 saturated heterocycles. The van der Waals surface area contributed by atoms with E-state index in [-0.39, 0.29) is 29.9 Å². The van der Waals surface area contributed by atoms with Crippen molar-refractivity contribution in [1.29, 1.82) is 0 Å². The van der Waals surface area contributed by atoms with Crippen molar-refractivity contribution >= 4 is 26.5 Å². The van der Waals surface area contributed by atoms with Crippen molar-refractivity contribution < 1.29 is 22.4 Å². The first kappa shape index (κ1) is 21.0. The van der Waals surface area contributed by atoms with Crippen molar-refractivity contribution in [2.45, 2.75) is 31.5 Å². The normalized spacial score (nSPS) is 22.9. The second-order valence-electron chi connectivity index (χ2n) is 8.53. The Morgan fingerprint density at radius 2 is 1.81 bits per heavy atom. The summed E-state index contributed by atoms with van der Waals surface area (Å²) < 4.78 is 35.9. The average molecular weight is 455 g/mol. The van der Waals surface area contributed by atoms with E-state index in [9.17, 15) is 13.2 Å². The van der Waals surface area contributed by atoms with Gasteiger partial charge in [-0.3, -0.25) is 9.69 Å². The number of likely N-dealkylation sites (tertiary alicyclic amines) is 1. The molecular formula is C24H26N2O5S. The van der Waals surface area contributed by atoms with Crippen molar-refractivity contribution in [3.63, 3.8) is 0 Å². The Morgan fingerprint density at radius 3 is 2.62 bits per heavy atom. The number of nitrogens with zero attached hydrogens (tertiary/aromatic N) is 1. The molecule has 2 aliphatic rings. The van der Waals surface area contributed by atoms with Crippen LogP contribution in [0.3, 0.4) is 0 Å². The Hall–Kier alpha value is -2.84. The lowest BCUT2D eigenvalue weighted by Crippen LogP contribution is -2.50. The van der Waals surface area contributed by atoms with Crippen LogP contribution in [0.5, 0.6) is 5.75 Å². The Bertz CT molecular complexity index is 1230. The van der Waals surface area contributed by atoms with Gasteiger partial charge < -0.3 is 14.5 Å². The van der Waals surface area contributed by atoms with Gasteiger partial charge in [0.05, 0.1) is 17.5 Å². The molecule has 0 spiro atoms. The third kappa shape index (κ3) is 4.52. The number of amides is 1. The third-order valence-electron chi connectivity index (χ3n) is 6.24. The topological polar surface area (TPSA) is 88.9 Å². The van der Waals surface area contributed by atoms with E-state index in [0.717, 1.165) is 42.5 Å². The summed E-state index contributed by atoms with van der Waals surface area (Å²) in [5, 5.41) is 5.11. The highest BCUT2D eigenvalue weighted by atomic mass is 32.2. The molecule has 1 aromatic heterocycles. The van der Waals surface area contributed by atoms with Gasteiger partial charge in [0.1, 0.15) is 18.1 Å². The number of hydrogen-bond donors (Lipinski definition) is 1. The fraction of sp³-hybridized carbons (Fsp3) is 0.375. The van der Waals surface area contributed by atoms with E-state index in [1.807, 2.05) is 42.5 Å². The number of sulfone groups is 1. The predicted molar refractivity (Wildman–Crippen MR) is 121 cm³/mol. The number of hydrogen-bond acceptors (Lipinski definition) is 6. The molecular weight excluding hydrogens is 428 g/mol. The molecule has 0 bridgehead atoms. The molecule has 1 N–H and O–H groups in total. The minimum Gasteiger partial charge on any atom is -0.486 e. The van der Waals surface area contributed by atoms with Gasteiger partial charge >= 0.3 is 0 Å². The van der Waals surface area contributed by atoms with Crippen LogP contribution >= 0.6 is 0 Å². The fourth-order valence-electron chi connectivity index (χ4n) is 4.63. The molecule has 8 heteroatoms. The Labute approximate surface area is 187 Å². The summed E-state index contributed by atoms with van der Waals surface area (Å²) in [7, 11) is -3.17. The Kier molecular flexibility index (Phi) is 5.65. The maximum atomic E-state index is 12.7. The van der Waals surface area contributed by atoms with Gasteiger partial charge in [-0.1, -0.05) is 30.3 Å². The number of ether oxygens (including phenoxy) is 1. The van der Waals surface area contributed by atoms with Gasteiger partial charge in [0.2, 0.25) is 0 Å². The highest BCUT2D eigenvalue weighted by Gasteiger charge is 2.42. The number of carbonyl (C=O) groups is 1. The lowest BCUT2D eigenvalue weighted by molar-refractivity contribution is 0.0886. The molecule has 2 aliphatic heterocycles. The molecule has 1 amide bonds. The van der Waals surface area contributed by atoms with Gasteiger partial charge in [0, 0.05) is 6.04 Å². The van der Waals surface area contributed by atoms with Gasteiger partial charge in [0.25, 0.3) is 5.91 Å². The van der Waals surface area contributed by atoms with E-state index < -0.39 is 21.8 Å². The first-order chi connectivity index (χ1) is 15.5. The SMILES string of the molecule is O=C(NC1CS(=O)(=O)CC1N1CCCC1)c1ccc(COc2ccc3ccccc3c2)o1. The summed E-state index contributed by atoms with van der Waals surface area (Å²) >= 11 is 0. The monoisotopic (exact) mass is 454 g/mol.